The number of aryl methyl sites for hydroxylation is 1. The molecule has 0 bridgehead atoms. The topological polar surface area (TPSA) is 88.1 Å². The number of nitrogens with zero attached hydrogens (tertiary/aromatic N) is 3. The summed E-state index contributed by atoms with van der Waals surface area (Å²) < 4.78 is 0. The molecule has 8 nitrogen and oxygen atoms in total. The lowest BCUT2D eigenvalue weighted by Gasteiger charge is -2.33. The van der Waals surface area contributed by atoms with Gasteiger partial charge in [0.2, 0.25) is 0 Å². The summed E-state index contributed by atoms with van der Waals surface area (Å²) in [6, 6.07) is 7.58. The van der Waals surface area contributed by atoms with Crippen LogP contribution in [0.1, 0.15) is 25.3 Å². The summed E-state index contributed by atoms with van der Waals surface area (Å²) in [6.07, 6.45) is 3.09. The molecule has 0 aliphatic carbocycles. The molecular weight excluding hydrogens is 358 g/mol. The highest BCUT2D eigenvalue weighted by molar-refractivity contribution is 6.03. The molecule has 1 aromatic carbocycles. The summed E-state index contributed by atoms with van der Waals surface area (Å²) >= 11 is 0. The Morgan fingerprint density at radius 3 is 2.61 bits per heavy atom. The number of benzene rings is 1. The van der Waals surface area contributed by atoms with E-state index in [9.17, 15) is 14.7 Å². The Bertz CT molecular complexity index is 758. The minimum Gasteiger partial charge on any atom is -0.393 e. The van der Waals surface area contributed by atoms with Crippen LogP contribution >= 0.6 is 0 Å². The van der Waals surface area contributed by atoms with E-state index in [2.05, 4.69) is 17.6 Å². The average Bonchev–Trinajstić information content (AvgIpc) is 2.97. The molecule has 152 valence electrons. The molecule has 2 aliphatic rings. The second-order valence-electron chi connectivity index (χ2n) is 7.27. The standard InChI is InChI=1S/C20H29N5O3/c1-4-14-6-5-7-15(12-14)21-19(27)17-13-18(24(3)23(17)2)22-20(28)25-10-8-16(26)9-11-25/h5-7,12-13,16,18,26H,4,8-11H2,1-3H3,(H,21,27)(H,22,28). The van der Waals surface area contributed by atoms with Crippen molar-refractivity contribution in [3.05, 3.63) is 41.6 Å². The smallest absolute Gasteiger partial charge is 0.318 e. The highest BCUT2D eigenvalue weighted by Gasteiger charge is 2.33. The van der Waals surface area contributed by atoms with Crippen molar-refractivity contribution in [1.29, 1.82) is 0 Å². The first kappa shape index (κ1) is 20.2. The minimum absolute atomic E-state index is 0.189. The maximum absolute atomic E-state index is 12.7. The summed E-state index contributed by atoms with van der Waals surface area (Å²) in [5.74, 6) is -0.222. The van der Waals surface area contributed by atoms with Crippen LogP contribution in [0, 0.1) is 0 Å². The van der Waals surface area contributed by atoms with Crippen LogP contribution in [-0.4, -0.2) is 71.4 Å². The van der Waals surface area contributed by atoms with Crippen molar-refractivity contribution < 1.29 is 14.7 Å². The molecule has 2 heterocycles. The maximum Gasteiger partial charge on any atom is 0.318 e. The third-order valence-corrected chi connectivity index (χ3v) is 5.39. The number of amides is 3. The van der Waals surface area contributed by atoms with E-state index in [0.29, 0.717) is 31.6 Å². The number of aliphatic hydroxyl groups excluding tert-OH is 1. The van der Waals surface area contributed by atoms with Crippen LogP contribution in [0.5, 0.6) is 0 Å². The number of likely N-dealkylation sites (tertiary alicyclic amines) is 1. The number of urea groups is 1. The van der Waals surface area contributed by atoms with E-state index in [4.69, 9.17) is 0 Å². The van der Waals surface area contributed by atoms with Crippen LogP contribution in [0.2, 0.25) is 0 Å². The summed E-state index contributed by atoms with van der Waals surface area (Å²) in [5, 5.41) is 19.0. The molecule has 1 unspecified atom stereocenters. The van der Waals surface area contributed by atoms with Gasteiger partial charge in [0, 0.05) is 32.9 Å². The molecule has 2 aliphatic heterocycles. The summed E-state index contributed by atoms with van der Waals surface area (Å²) in [4.78, 5) is 26.9. The summed E-state index contributed by atoms with van der Waals surface area (Å²) in [5.41, 5.74) is 2.38. The zero-order chi connectivity index (χ0) is 20.3. The Morgan fingerprint density at radius 2 is 1.93 bits per heavy atom. The lowest BCUT2D eigenvalue weighted by molar-refractivity contribution is -0.115. The molecule has 28 heavy (non-hydrogen) atoms. The number of hydrazine groups is 1. The molecule has 1 saturated heterocycles. The van der Waals surface area contributed by atoms with Gasteiger partial charge in [0.15, 0.2) is 0 Å². The molecule has 1 aromatic rings. The highest BCUT2D eigenvalue weighted by Crippen LogP contribution is 2.20. The van der Waals surface area contributed by atoms with Crippen molar-refractivity contribution in [2.24, 2.45) is 0 Å². The number of nitrogens with one attached hydrogen (secondary N) is 2. The molecule has 0 spiro atoms. The van der Waals surface area contributed by atoms with Gasteiger partial charge in [-0.25, -0.2) is 4.79 Å². The highest BCUT2D eigenvalue weighted by atomic mass is 16.3. The zero-order valence-electron chi connectivity index (χ0n) is 16.7. The number of rotatable bonds is 4. The lowest BCUT2D eigenvalue weighted by atomic mass is 10.1. The van der Waals surface area contributed by atoms with E-state index in [1.54, 1.807) is 28.0 Å². The second kappa shape index (κ2) is 8.62. The molecule has 1 fully saturated rings. The molecule has 0 radical (unpaired) electrons. The van der Waals surface area contributed by atoms with Gasteiger partial charge in [-0.1, -0.05) is 19.1 Å². The van der Waals surface area contributed by atoms with Crippen LogP contribution in [0.4, 0.5) is 10.5 Å². The van der Waals surface area contributed by atoms with Gasteiger partial charge >= 0.3 is 6.03 Å². The van der Waals surface area contributed by atoms with Crippen molar-refractivity contribution in [1.82, 2.24) is 20.2 Å². The Labute approximate surface area is 165 Å². The van der Waals surface area contributed by atoms with Gasteiger partial charge in [-0.15, -0.1) is 0 Å². The maximum atomic E-state index is 12.7. The number of hydrogen-bond donors (Lipinski definition) is 3. The monoisotopic (exact) mass is 387 g/mol. The van der Waals surface area contributed by atoms with Gasteiger partial charge in [-0.05, 0) is 43.0 Å². The molecule has 3 amide bonds. The number of piperidine rings is 1. The molecule has 3 N–H and O–H groups in total. The molecule has 1 atom stereocenters. The third kappa shape index (κ3) is 4.45. The number of anilines is 1. The average molecular weight is 387 g/mol. The predicted molar refractivity (Wildman–Crippen MR) is 107 cm³/mol. The summed E-state index contributed by atoms with van der Waals surface area (Å²) in [6.45, 7) is 3.13. The van der Waals surface area contributed by atoms with Gasteiger partial charge in [-0.2, -0.15) is 5.01 Å². The van der Waals surface area contributed by atoms with E-state index in [-0.39, 0.29) is 18.0 Å². The Kier molecular flexibility index (Phi) is 6.21. The van der Waals surface area contributed by atoms with E-state index >= 15 is 0 Å². The number of aliphatic hydroxyl groups is 1. The normalized spacial score (nSPS) is 20.9. The van der Waals surface area contributed by atoms with Gasteiger partial charge in [0.25, 0.3) is 5.91 Å². The van der Waals surface area contributed by atoms with E-state index in [0.717, 1.165) is 17.7 Å². The van der Waals surface area contributed by atoms with Crippen LogP contribution in [0.25, 0.3) is 0 Å². The molecular formula is C20H29N5O3. The minimum atomic E-state index is -0.410. The number of carbonyl (C=O) groups excluding carboxylic acids is 2. The quantitative estimate of drug-likeness (QED) is 0.726. The first-order valence-corrected chi connectivity index (χ1v) is 9.71. The Balaban J connectivity index is 1.64. The molecule has 8 heteroatoms. The molecule has 0 saturated carbocycles. The van der Waals surface area contributed by atoms with Crippen molar-refractivity contribution in [2.45, 2.75) is 38.5 Å². The predicted octanol–water partition coefficient (Wildman–Crippen LogP) is 1.36. The lowest BCUT2D eigenvalue weighted by Crippen LogP contribution is -2.53. The van der Waals surface area contributed by atoms with Crippen LogP contribution in [-0.2, 0) is 11.2 Å². The molecule has 0 aromatic heterocycles. The molecule has 3 rings (SSSR count). The van der Waals surface area contributed by atoms with Gasteiger partial charge in [0.05, 0.1) is 6.10 Å². The number of carbonyl (C=O) groups is 2. The van der Waals surface area contributed by atoms with Crippen molar-refractivity contribution in [3.8, 4) is 0 Å². The van der Waals surface area contributed by atoms with Gasteiger partial charge < -0.3 is 25.6 Å². The fraction of sp³-hybridized carbons (Fsp3) is 0.500. The largest absolute Gasteiger partial charge is 0.393 e. The van der Waals surface area contributed by atoms with Crippen LogP contribution in [0.3, 0.4) is 0 Å². The summed E-state index contributed by atoms with van der Waals surface area (Å²) in [7, 11) is 3.61. The van der Waals surface area contributed by atoms with Crippen LogP contribution < -0.4 is 10.6 Å². The SMILES string of the molecule is CCc1cccc(NC(=O)C2=CC(NC(=O)N3CCC(O)CC3)N(C)N2C)c1. The van der Waals surface area contributed by atoms with E-state index < -0.39 is 6.17 Å². The van der Waals surface area contributed by atoms with Crippen molar-refractivity contribution in [2.75, 3.05) is 32.5 Å². The third-order valence-electron chi connectivity index (χ3n) is 5.39. The zero-order valence-corrected chi connectivity index (χ0v) is 16.7. The Hall–Kier alpha value is -2.58. The first-order valence-electron chi connectivity index (χ1n) is 9.71. The number of likely N-dealkylation sites (N-methyl/N-ethyl adjacent to an activating group) is 2. The van der Waals surface area contributed by atoms with E-state index in [1.807, 2.05) is 31.3 Å². The van der Waals surface area contributed by atoms with Crippen LogP contribution in [0.15, 0.2) is 36.0 Å². The fourth-order valence-electron chi connectivity index (χ4n) is 3.43. The first-order chi connectivity index (χ1) is 13.4. The van der Waals surface area contributed by atoms with Crippen molar-refractivity contribution >= 4 is 17.6 Å². The second-order valence-corrected chi connectivity index (χ2v) is 7.27. The van der Waals surface area contributed by atoms with Gasteiger partial charge in [0.1, 0.15) is 11.9 Å². The van der Waals surface area contributed by atoms with Crippen molar-refractivity contribution in [3.63, 3.8) is 0 Å². The Morgan fingerprint density at radius 1 is 1.21 bits per heavy atom. The number of hydrogen-bond acceptors (Lipinski definition) is 5. The fourth-order valence-corrected chi connectivity index (χ4v) is 3.43. The van der Waals surface area contributed by atoms with E-state index in [1.165, 1.54) is 0 Å². The van der Waals surface area contributed by atoms with Gasteiger partial charge in [-0.3, -0.25) is 4.79 Å².